The highest BCUT2D eigenvalue weighted by atomic mass is 79.9. The zero-order chi connectivity index (χ0) is 12.6. The summed E-state index contributed by atoms with van der Waals surface area (Å²) in [4.78, 5) is 11.7. The molecule has 0 aliphatic carbocycles. The third-order valence-corrected chi connectivity index (χ3v) is 3.70. The molecule has 0 radical (unpaired) electrons. The van der Waals surface area contributed by atoms with Crippen molar-refractivity contribution in [1.29, 1.82) is 0 Å². The van der Waals surface area contributed by atoms with E-state index in [1.54, 1.807) is 13.2 Å². The lowest BCUT2D eigenvalue weighted by Crippen LogP contribution is -2.14. The van der Waals surface area contributed by atoms with Crippen LogP contribution in [0.2, 0.25) is 0 Å². The molecular weight excluding hydrogens is 286 g/mol. The molecule has 1 aromatic carbocycles. The Bertz CT molecular complexity index is 473. The zero-order valence-electron chi connectivity index (χ0n) is 9.75. The number of carbonyl (C=O) groups excluding carboxylic acids is 1. The van der Waals surface area contributed by atoms with Gasteiger partial charge in [0.05, 0.1) is 13.7 Å². The van der Waals surface area contributed by atoms with E-state index in [0.29, 0.717) is 11.3 Å². The van der Waals surface area contributed by atoms with Crippen LogP contribution in [0.15, 0.2) is 10.5 Å². The molecule has 0 aromatic heterocycles. The first kappa shape index (κ1) is 12.4. The molecule has 1 aromatic rings. The number of rotatable bonds is 3. The Labute approximate surface area is 108 Å². The van der Waals surface area contributed by atoms with Crippen LogP contribution in [-0.4, -0.2) is 25.5 Å². The lowest BCUT2D eigenvalue weighted by atomic mass is 10.0. The Balaban J connectivity index is 2.59. The number of ketones is 1. The van der Waals surface area contributed by atoms with Gasteiger partial charge in [0.15, 0.2) is 17.3 Å². The lowest BCUT2D eigenvalue weighted by molar-refractivity contribution is 0.1000. The van der Waals surface area contributed by atoms with Gasteiger partial charge in [0.2, 0.25) is 0 Å². The molecule has 0 fully saturated rings. The minimum atomic E-state index is -0.113. The van der Waals surface area contributed by atoms with Gasteiger partial charge in [-0.25, -0.2) is 0 Å². The van der Waals surface area contributed by atoms with Gasteiger partial charge >= 0.3 is 0 Å². The molecule has 1 heterocycles. The number of nitrogens with two attached hydrogens (primary N) is 1. The number of hydrogen-bond acceptors (Lipinski definition) is 4. The van der Waals surface area contributed by atoms with Gasteiger partial charge in [-0.1, -0.05) is 0 Å². The first-order valence-electron chi connectivity index (χ1n) is 5.37. The van der Waals surface area contributed by atoms with E-state index < -0.39 is 0 Å². The van der Waals surface area contributed by atoms with Crippen molar-refractivity contribution in [2.24, 2.45) is 5.73 Å². The second kappa shape index (κ2) is 4.66. The van der Waals surface area contributed by atoms with E-state index >= 15 is 0 Å². The molecule has 0 saturated carbocycles. The van der Waals surface area contributed by atoms with E-state index in [1.165, 1.54) is 0 Å². The van der Waals surface area contributed by atoms with Crippen molar-refractivity contribution < 1.29 is 14.3 Å². The standard InChI is InChI=1S/C12H14BrNO3/c1-6-3-8-11(13)7(9(15)5-14)4-10(16-2)12(8)17-6/h4,6H,3,5,14H2,1-2H3. The molecule has 5 heteroatoms. The number of halogens is 1. The highest BCUT2D eigenvalue weighted by Crippen LogP contribution is 2.43. The van der Waals surface area contributed by atoms with Crippen LogP contribution in [0.3, 0.4) is 0 Å². The molecule has 0 spiro atoms. The van der Waals surface area contributed by atoms with Gasteiger partial charge in [-0.05, 0) is 28.9 Å². The smallest absolute Gasteiger partial charge is 0.177 e. The maximum absolute atomic E-state index is 11.7. The number of fused-ring (bicyclic) bond motifs is 1. The molecule has 1 atom stereocenters. The molecule has 0 saturated heterocycles. The predicted octanol–water partition coefficient (Wildman–Crippen LogP) is 1.92. The van der Waals surface area contributed by atoms with Gasteiger partial charge in [-0.15, -0.1) is 0 Å². The fourth-order valence-electron chi connectivity index (χ4n) is 1.98. The molecule has 4 nitrogen and oxygen atoms in total. The number of carbonyl (C=O) groups is 1. The third-order valence-electron chi connectivity index (χ3n) is 2.79. The predicted molar refractivity (Wildman–Crippen MR) is 67.9 cm³/mol. The quantitative estimate of drug-likeness (QED) is 0.866. The van der Waals surface area contributed by atoms with E-state index in [9.17, 15) is 4.79 Å². The number of ether oxygens (including phenoxy) is 2. The molecule has 0 amide bonds. The Morgan fingerprint density at radius 3 is 3.00 bits per heavy atom. The minimum absolute atomic E-state index is 0.0169. The number of methoxy groups -OCH3 is 1. The normalized spacial score (nSPS) is 17.5. The van der Waals surface area contributed by atoms with Crippen LogP contribution in [0.1, 0.15) is 22.8 Å². The first-order chi connectivity index (χ1) is 8.08. The Morgan fingerprint density at radius 2 is 2.41 bits per heavy atom. The molecular formula is C12H14BrNO3. The van der Waals surface area contributed by atoms with Crippen LogP contribution in [0.4, 0.5) is 0 Å². The molecule has 1 aliphatic heterocycles. The molecule has 92 valence electrons. The summed E-state index contributed by atoms with van der Waals surface area (Å²) >= 11 is 3.45. The second-order valence-corrected chi connectivity index (χ2v) is 4.80. The summed E-state index contributed by atoms with van der Waals surface area (Å²) in [6.07, 6.45) is 0.858. The van der Waals surface area contributed by atoms with E-state index in [0.717, 1.165) is 22.2 Å². The highest BCUT2D eigenvalue weighted by Gasteiger charge is 2.28. The van der Waals surface area contributed by atoms with Gasteiger partial charge in [-0.2, -0.15) is 0 Å². The Kier molecular flexibility index (Phi) is 3.40. The van der Waals surface area contributed by atoms with Crippen LogP contribution < -0.4 is 15.2 Å². The van der Waals surface area contributed by atoms with Crippen molar-refractivity contribution in [1.82, 2.24) is 0 Å². The van der Waals surface area contributed by atoms with Crippen LogP contribution in [0.5, 0.6) is 11.5 Å². The average Bonchev–Trinajstić information content (AvgIpc) is 2.71. The summed E-state index contributed by atoms with van der Waals surface area (Å²) in [5.41, 5.74) is 6.93. The second-order valence-electron chi connectivity index (χ2n) is 4.01. The van der Waals surface area contributed by atoms with Gasteiger partial charge in [0.1, 0.15) is 6.10 Å². The topological polar surface area (TPSA) is 61.5 Å². The summed E-state index contributed by atoms with van der Waals surface area (Å²) in [5, 5.41) is 0. The number of Topliss-reactive ketones (excluding diaryl/α,β-unsaturated/α-hetero) is 1. The Morgan fingerprint density at radius 1 is 1.71 bits per heavy atom. The van der Waals surface area contributed by atoms with Crippen LogP contribution in [0.25, 0.3) is 0 Å². The van der Waals surface area contributed by atoms with Crippen molar-refractivity contribution in [3.8, 4) is 11.5 Å². The minimum Gasteiger partial charge on any atom is -0.493 e. The SMILES string of the molecule is COc1cc(C(=O)CN)c(Br)c2c1OC(C)C2. The van der Waals surface area contributed by atoms with E-state index in [4.69, 9.17) is 15.2 Å². The van der Waals surface area contributed by atoms with Crippen molar-refractivity contribution in [3.05, 3.63) is 21.7 Å². The molecule has 1 unspecified atom stereocenters. The maximum atomic E-state index is 11.7. The lowest BCUT2D eigenvalue weighted by Gasteiger charge is -2.12. The van der Waals surface area contributed by atoms with Crippen molar-refractivity contribution in [2.75, 3.05) is 13.7 Å². The molecule has 1 aliphatic rings. The van der Waals surface area contributed by atoms with Gasteiger partial charge in [0, 0.05) is 22.0 Å². The first-order valence-corrected chi connectivity index (χ1v) is 6.17. The summed E-state index contributed by atoms with van der Waals surface area (Å²) in [6.45, 7) is 1.97. The summed E-state index contributed by atoms with van der Waals surface area (Å²) in [5.74, 6) is 1.20. The maximum Gasteiger partial charge on any atom is 0.177 e. The largest absolute Gasteiger partial charge is 0.493 e. The molecule has 17 heavy (non-hydrogen) atoms. The van der Waals surface area contributed by atoms with E-state index in [1.807, 2.05) is 6.92 Å². The third kappa shape index (κ3) is 2.05. The van der Waals surface area contributed by atoms with Gasteiger partial charge < -0.3 is 15.2 Å². The fraction of sp³-hybridized carbons (Fsp3) is 0.417. The number of benzene rings is 1. The fourth-order valence-corrected chi connectivity index (χ4v) is 2.65. The Hall–Kier alpha value is -1.07. The monoisotopic (exact) mass is 299 g/mol. The zero-order valence-corrected chi connectivity index (χ0v) is 11.3. The average molecular weight is 300 g/mol. The molecule has 2 N–H and O–H groups in total. The molecule has 0 bridgehead atoms. The summed E-state index contributed by atoms with van der Waals surface area (Å²) in [6, 6.07) is 1.68. The summed E-state index contributed by atoms with van der Waals surface area (Å²) in [7, 11) is 1.56. The van der Waals surface area contributed by atoms with Crippen molar-refractivity contribution in [3.63, 3.8) is 0 Å². The van der Waals surface area contributed by atoms with E-state index in [2.05, 4.69) is 15.9 Å². The van der Waals surface area contributed by atoms with Crippen LogP contribution >= 0.6 is 15.9 Å². The summed E-state index contributed by atoms with van der Waals surface area (Å²) < 4.78 is 11.7. The highest BCUT2D eigenvalue weighted by molar-refractivity contribution is 9.10. The van der Waals surface area contributed by atoms with Crippen molar-refractivity contribution in [2.45, 2.75) is 19.4 Å². The van der Waals surface area contributed by atoms with Gasteiger partial charge in [0.25, 0.3) is 0 Å². The van der Waals surface area contributed by atoms with E-state index in [-0.39, 0.29) is 18.4 Å². The van der Waals surface area contributed by atoms with Crippen LogP contribution in [-0.2, 0) is 6.42 Å². The van der Waals surface area contributed by atoms with Gasteiger partial charge in [-0.3, -0.25) is 4.79 Å². The molecule has 2 rings (SSSR count). The van der Waals surface area contributed by atoms with Crippen LogP contribution in [0, 0.1) is 0 Å². The van der Waals surface area contributed by atoms with Crippen molar-refractivity contribution >= 4 is 21.7 Å². The number of hydrogen-bond donors (Lipinski definition) is 1.